The van der Waals surface area contributed by atoms with Crippen LogP contribution >= 0.6 is 0 Å². The molecule has 28 heavy (non-hydrogen) atoms. The number of hydrogen-bond donors (Lipinski definition) is 2. The Balaban J connectivity index is 0.00000280. The van der Waals surface area contributed by atoms with Crippen LogP contribution in [-0.2, 0) is 12.8 Å². The highest BCUT2D eigenvalue weighted by Gasteiger charge is 2.25. The Kier molecular flexibility index (Phi) is 7.02. The number of aromatic hydroxyl groups is 2. The minimum Gasteiger partial charge on any atom is -1.00 e. The zero-order valence-corrected chi connectivity index (χ0v) is 17.3. The van der Waals surface area contributed by atoms with Crippen LogP contribution in [0.1, 0.15) is 23.1 Å². The number of methoxy groups -OCH3 is 3. The van der Waals surface area contributed by atoms with Crippen molar-refractivity contribution in [3.05, 3.63) is 41.0 Å². The maximum atomic E-state index is 10.2. The lowest BCUT2D eigenvalue weighted by molar-refractivity contribution is -0.499. The highest BCUT2D eigenvalue weighted by Crippen LogP contribution is 2.38. The lowest BCUT2D eigenvalue weighted by Crippen LogP contribution is -3.00. The lowest BCUT2D eigenvalue weighted by atomic mass is 9.99. The monoisotopic (exact) mass is 409 g/mol. The van der Waals surface area contributed by atoms with Crippen molar-refractivity contribution in [1.29, 1.82) is 0 Å². The number of phenolic OH excluding ortho intramolecular Hbond substituents is 2. The molecular weight excluding hydrogens is 384 g/mol. The third kappa shape index (κ3) is 4.12. The van der Waals surface area contributed by atoms with E-state index in [4.69, 9.17) is 14.2 Å². The number of phenols is 2. The largest absolute Gasteiger partial charge is 1.00 e. The van der Waals surface area contributed by atoms with Gasteiger partial charge in [-0.25, -0.2) is 4.58 Å². The van der Waals surface area contributed by atoms with Crippen LogP contribution in [0.15, 0.2) is 24.3 Å². The van der Waals surface area contributed by atoms with Crippen LogP contribution in [0.2, 0.25) is 0 Å². The maximum absolute atomic E-state index is 10.2. The average Bonchev–Trinajstić information content (AvgIpc) is 2.66. The van der Waals surface area contributed by atoms with Gasteiger partial charge in [-0.1, -0.05) is 0 Å². The molecule has 0 bridgehead atoms. The van der Waals surface area contributed by atoms with Crippen LogP contribution in [0.4, 0.5) is 0 Å². The van der Waals surface area contributed by atoms with E-state index in [-0.39, 0.29) is 23.9 Å². The molecule has 3 rings (SSSR count). The number of ether oxygens (including phenoxy) is 3. The van der Waals surface area contributed by atoms with Crippen LogP contribution in [0, 0.1) is 0 Å². The summed E-state index contributed by atoms with van der Waals surface area (Å²) in [7, 11) is 6.68. The molecule has 0 spiro atoms. The van der Waals surface area contributed by atoms with Crippen LogP contribution in [0.25, 0.3) is 0 Å². The molecule has 0 aliphatic carbocycles. The van der Waals surface area contributed by atoms with Gasteiger partial charge in [0.15, 0.2) is 28.7 Å². The van der Waals surface area contributed by atoms with E-state index in [0.717, 1.165) is 42.6 Å². The molecule has 152 valence electrons. The molecule has 1 aliphatic rings. The highest BCUT2D eigenvalue weighted by atomic mass is 35.5. The van der Waals surface area contributed by atoms with Gasteiger partial charge in [0.25, 0.3) is 0 Å². The SMILES string of the molecule is COc1cc2c(cc1O)C([14CH2]Cc1cc(O)c(OC)c(OC)c1)=[N+](C)CC2.[Cl-]. The molecule has 0 atom stereocenters. The molecule has 2 aromatic carbocycles. The summed E-state index contributed by atoms with van der Waals surface area (Å²) in [6.07, 6.45) is 2.40. The first-order valence-corrected chi connectivity index (χ1v) is 8.89. The quantitative estimate of drug-likeness (QED) is 0.644. The van der Waals surface area contributed by atoms with E-state index in [0.29, 0.717) is 17.2 Å². The van der Waals surface area contributed by atoms with Gasteiger partial charge < -0.3 is 36.8 Å². The number of nitrogens with zero attached hydrogens (tertiary/aromatic N) is 1. The second-order valence-corrected chi connectivity index (χ2v) is 6.65. The van der Waals surface area contributed by atoms with Crippen molar-refractivity contribution in [3.63, 3.8) is 0 Å². The zero-order chi connectivity index (χ0) is 19.6. The van der Waals surface area contributed by atoms with E-state index >= 15 is 0 Å². The van der Waals surface area contributed by atoms with Gasteiger partial charge in [0.05, 0.1) is 21.3 Å². The van der Waals surface area contributed by atoms with E-state index in [2.05, 4.69) is 11.6 Å². The number of rotatable bonds is 6. The highest BCUT2D eigenvalue weighted by molar-refractivity contribution is 5.99. The molecule has 7 heteroatoms. The maximum Gasteiger partial charge on any atom is 0.203 e. The Morgan fingerprint density at radius 3 is 2.32 bits per heavy atom. The zero-order valence-electron chi connectivity index (χ0n) is 16.6. The third-order valence-electron chi connectivity index (χ3n) is 5.06. The number of halogens is 1. The van der Waals surface area contributed by atoms with Crippen molar-refractivity contribution in [2.45, 2.75) is 19.3 Å². The summed E-state index contributed by atoms with van der Waals surface area (Å²) in [6, 6.07) is 7.29. The topological polar surface area (TPSA) is 71.2 Å². The van der Waals surface area contributed by atoms with Gasteiger partial charge in [0.1, 0.15) is 13.6 Å². The Bertz CT molecular complexity index is 895. The summed E-state index contributed by atoms with van der Waals surface area (Å²) >= 11 is 0. The van der Waals surface area contributed by atoms with Gasteiger partial charge in [0, 0.05) is 18.4 Å². The summed E-state index contributed by atoms with van der Waals surface area (Å²) in [4.78, 5) is 0. The van der Waals surface area contributed by atoms with E-state index in [9.17, 15) is 10.2 Å². The second-order valence-electron chi connectivity index (χ2n) is 6.65. The predicted molar refractivity (Wildman–Crippen MR) is 103 cm³/mol. The van der Waals surface area contributed by atoms with E-state index in [1.54, 1.807) is 26.4 Å². The summed E-state index contributed by atoms with van der Waals surface area (Å²) in [5.74, 6) is 1.57. The van der Waals surface area contributed by atoms with Crippen LogP contribution < -0.4 is 26.6 Å². The first kappa shape index (κ1) is 21.7. The number of benzene rings is 2. The number of likely N-dealkylation sites (N-methyl/N-ethyl adjacent to an activating group) is 1. The van der Waals surface area contributed by atoms with Crippen molar-refractivity contribution < 1.29 is 41.4 Å². The molecule has 1 aliphatic heterocycles. The fourth-order valence-electron chi connectivity index (χ4n) is 3.61. The molecular formula is C21H26ClNO5. The first-order valence-electron chi connectivity index (χ1n) is 8.89. The van der Waals surface area contributed by atoms with Gasteiger partial charge >= 0.3 is 0 Å². The minimum atomic E-state index is 0. The molecule has 6 nitrogen and oxygen atoms in total. The Hall–Kier alpha value is -2.60. The first-order chi connectivity index (χ1) is 13.0. The summed E-state index contributed by atoms with van der Waals surface area (Å²) in [6.45, 7) is 0.910. The second kappa shape index (κ2) is 9.06. The van der Waals surface area contributed by atoms with Gasteiger partial charge in [-0.15, -0.1) is 0 Å². The predicted octanol–water partition coefficient (Wildman–Crippen LogP) is -0.252. The summed E-state index contributed by atoms with van der Waals surface area (Å²) < 4.78 is 18.0. The van der Waals surface area contributed by atoms with Gasteiger partial charge in [0.2, 0.25) is 5.75 Å². The number of fused-ring (bicyclic) bond motifs is 1. The van der Waals surface area contributed by atoms with Crippen molar-refractivity contribution in [2.24, 2.45) is 0 Å². The molecule has 2 aromatic rings. The molecule has 0 saturated heterocycles. The molecule has 0 radical (unpaired) electrons. The van der Waals surface area contributed by atoms with E-state index < -0.39 is 0 Å². The van der Waals surface area contributed by atoms with Crippen molar-refractivity contribution in [3.8, 4) is 28.7 Å². The summed E-state index contributed by atoms with van der Waals surface area (Å²) in [5.41, 5.74) is 4.33. The van der Waals surface area contributed by atoms with Crippen molar-refractivity contribution in [1.82, 2.24) is 0 Å². The normalized spacial score (nSPS) is 12.9. The molecule has 0 aromatic heterocycles. The Morgan fingerprint density at radius 2 is 1.68 bits per heavy atom. The standard InChI is InChI=1S/C21H25NO5.ClH/c1-22-8-7-14-11-19(25-2)17(23)12-15(14)16(22)6-5-13-9-18(24)21(27-4)20(10-13)26-3;/h9-12H,5-8H2,1-4H3,(H-,23,24);1H/i6+2;. The molecule has 2 N–H and O–H groups in total. The number of hydrogen-bond acceptors (Lipinski definition) is 5. The van der Waals surface area contributed by atoms with E-state index in [1.165, 1.54) is 12.7 Å². The van der Waals surface area contributed by atoms with Crippen molar-refractivity contribution >= 4 is 5.71 Å². The van der Waals surface area contributed by atoms with Crippen LogP contribution in [-0.4, -0.2) is 55.4 Å². The van der Waals surface area contributed by atoms with Crippen LogP contribution in [0.5, 0.6) is 28.7 Å². The molecule has 0 unspecified atom stereocenters. The smallest absolute Gasteiger partial charge is 0.203 e. The fraction of sp³-hybridized carbons (Fsp3) is 0.381. The fourth-order valence-corrected chi connectivity index (χ4v) is 3.61. The van der Waals surface area contributed by atoms with Crippen molar-refractivity contribution in [2.75, 3.05) is 34.9 Å². The lowest BCUT2D eigenvalue weighted by Gasteiger charge is -2.18. The van der Waals surface area contributed by atoms with Crippen LogP contribution in [0.3, 0.4) is 0 Å². The van der Waals surface area contributed by atoms with Gasteiger partial charge in [-0.2, -0.15) is 0 Å². The molecule has 0 fully saturated rings. The molecule has 0 amide bonds. The minimum absolute atomic E-state index is 0. The molecule has 1 heterocycles. The van der Waals surface area contributed by atoms with E-state index in [1.807, 2.05) is 12.1 Å². The van der Waals surface area contributed by atoms with Gasteiger partial charge in [-0.05, 0) is 41.8 Å². The summed E-state index contributed by atoms with van der Waals surface area (Å²) in [5, 5.41) is 20.4. The third-order valence-corrected chi connectivity index (χ3v) is 5.06. The Morgan fingerprint density at radius 1 is 0.964 bits per heavy atom. The van der Waals surface area contributed by atoms with Gasteiger partial charge in [-0.3, -0.25) is 0 Å². The Labute approximate surface area is 171 Å². The molecule has 0 saturated carbocycles. The number of aryl methyl sites for hydroxylation is 1. The average molecular weight is 410 g/mol.